The molecule has 0 aliphatic heterocycles. The number of esters is 1. The number of carbonyl (C=O) groups is 1. The molecule has 7 heteroatoms. The molecule has 0 bridgehead atoms. The van der Waals surface area contributed by atoms with E-state index in [1.165, 1.54) is 6.07 Å². The zero-order valence-corrected chi connectivity index (χ0v) is 14.5. The Labute approximate surface area is 136 Å². The molecule has 0 spiro atoms. The van der Waals surface area contributed by atoms with Gasteiger partial charge in [-0.25, -0.2) is 18.2 Å². The molecular formula is C16H20N2O4S. The second-order valence-corrected chi connectivity index (χ2v) is 7.36. The molecule has 2 aromatic rings. The maximum absolute atomic E-state index is 12.1. The number of sulfone groups is 1. The highest BCUT2D eigenvalue weighted by molar-refractivity contribution is 7.90. The van der Waals surface area contributed by atoms with Crippen molar-refractivity contribution in [2.24, 2.45) is 0 Å². The summed E-state index contributed by atoms with van der Waals surface area (Å²) in [5.74, 6) is 0.273. The van der Waals surface area contributed by atoms with Gasteiger partial charge in [0, 0.05) is 12.5 Å². The van der Waals surface area contributed by atoms with E-state index in [0.717, 1.165) is 17.8 Å². The van der Waals surface area contributed by atoms with Crippen molar-refractivity contribution in [2.75, 3.05) is 12.9 Å². The number of ether oxygens (including phenoxy) is 1. The van der Waals surface area contributed by atoms with Crippen LogP contribution < -0.4 is 0 Å². The third-order valence-electron chi connectivity index (χ3n) is 3.41. The quantitative estimate of drug-likeness (QED) is 0.782. The molecule has 1 aromatic heterocycles. The first-order chi connectivity index (χ1) is 10.7. The number of hydrogen-bond donors (Lipinski definition) is 0. The van der Waals surface area contributed by atoms with Gasteiger partial charge in [0.15, 0.2) is 9.84 Å². The van der Waals surface area contributed by atoms with E-state index >= 15 is 0 Å². The second-order valence-electron chi connectivity index (χ2n) is 5.37. The molecule has 0 saturated carbocycles. The molecule has 0 N–H and O–H groups in total. The average molecular weight is 336 g/mol. The van der Waals surface area contributed by atoms with Crippen LogP contribution in [0.15, 0.2) is 29.3 Å². The summed E-state index contributed by atoms with van der Waals surface area (Å²) < 4.78 is 31.0. The van der Waals surface area contributed by atoms with Gasteiger partial charge in [0.05, 0.1) is 29.3 Å². The maximum atomic E-state index is 12.1. The van der Waals surface area contributed by atoms with Gasteiger partial charge in [0.2, 0.25) is 0 Å². The minimum atomic E-state index is -3.47. The van der Waals surface area contributed by atoms with Crippen LogP contribution in [0.25, 0.3) is 0 Å². The second kappa shape index (κ2) is 6.54. The molecule has 0 unspecified atom stereocenters. The molecule has 0 aliphatic rings. The first-order valence-corrected chi connectivity index (χ1v) is 9.12. The van der Waals surface area contributed by atoms with E-state index in [-0.39, 0.29) is 17.1 Å². The first kappa shape index (κ1) is 17.2. The van der Waals surface area contributed by atoms with Crippen molar-refractivity contribution < 1.29 is 17.9 Å². The first-order valence-electron chi connectivity index (χ1n) is 7.23. The van der Waals surface area contributed by atoms with E-state index < -0.39 is 15.8 Å². The number of carbonyl (C=O) groups excluding carboxylic acids is 1. The number of aryl methyl sites for hydroxylation is 2. The van der Waals surface area contributed by atoms with Gasteiger partial charge < -0.3 is 9.30 Å². The highest BCUT2D eigenvalue weighted by atomic mass is 32.2. The van der Waals surface area contributed by atoms with E-state index in [2.05, 4.69) is 4.98 Å². The van der Waals surface area contributed by atoms with Gasteiger partial charge in [-0.15, -0.1) is 0 Å². The standard InChI is InChI=1S/C16H20N2O4S/c1-5-22-16(19)13-6-7-14(15(8-13)23(4,20)21)10-18-9-11(2)17-12(18)3/h6-9H,5,10H2,1-4H3. The van der Waals surface area contributed by atoms with Crippen LogP contribution in [0.1, 0.15) is 34.4 Å². The van der Waals surface area contributed by atoms with Gasteiger partial charge in [0.1, 0.15) is 5.82 Å². The molecule has 1 aromatic carbocycles. The fraction of sp³-hybridized carbons (Fsp3) is 0.375. The Kier molecular flexibility index (Phi) is 4.89. The summed E-state index contributed by atoms with van der Waals surface area (Å²) in [5, 5.41) is 0. The van der Waals surface area contributed by atoms with E-state index in [4.69, 9.17) is 4.74 Å². The third kappa shape index (κ3) is 3.98. The SMILES string of the molecule is CCOC(=O)c1ccc(Cn2cc(C)nc2C)c(S(C)(=O)=O)c1. The Morgan fingerprint density at radius 2 is 2.00 bits per heavy atom. The molecule has 0 fully saturated rings. The molecule has 0 saturated heterocycles. The van der Waals surface area contributed by atoms with E-state index in [9.17, 15) is 13.2 Å². The number of benzene rings is 1. The van der Waals surface area contributed by atoms with Gasteiger partial charge in [0.25, 0.3) is 0 Å². The monoisotopic (exact) mass is 336 g/mol. The van der Waals surface area contributed by atoms with Crippen LogP contribution >= 0.6 is 0 Å². The summed E-state index contributed by atoms with van der Waals surface area (Å²) in [7, 11) is -3.47. The van der Waals surface area contributed by atoms with E-state index in [0.29, 0.717) is 12.1 Å². The summed E-state index contributed by atoms with van der Waals surface area (Å²) in [6.45, 7) is 6.05. The molecule has 124 valence electrons. The minimum Gasteiger partial charge on any atom is -0.462 e. The molecule has 0 atom stereocenters. The van der Waals surface area contributed by atoms with Crippen LogP contribution in [0.4, 0.5) is 0 Å². The smallest absolute Gasteiger partial charge is 0.338 e. The molecule has 2 rings (SSSR count). The summed E-state index contributed by atoms with van der Waals surface area (Å²) in [6.07, 6.45) is 2.99. The van der Waals surface area contributed by atoms with Crippen molar-refractivity contribution in [3.05, 3.63) is 47.0 Å². The van der Waals surface area contributed by atoms with E-state index in [1.54, 1.807) is 19.1 Å². The Bertz CT molecular complexity index is 838. The van der Waals surface area contributed by atoms with Gasteiger partial charge in [-0.1, -0.05) is 6.07 Å². The van der Waals surface area contributed by atoms with Crippen LogP contribution in [-0.4, -0.2) is 36.8 Å². The number of aromatic nitrogens is 2. The van der Waals surface area contributed by atoms with Crippen molar-refractivity contribution in [1.29, 1.82) is 0 Å². The Balaban J connectivity index is 2.47. The van der Waals surface area contributed by atoms with Crippen LogP contribution in [0.2, 0.25) is 0 Å². The van der Waals surface area contributed by atoms with Crippen molar-refractivity contribution in [3.8, 4) is 0 Å². The number of hydrogen-bond acceptors (Lipinski definition) is 5. The third-order valence-corrected chi connectivity index (χ3v) is 4.59. The summed E-state index contributed by atoms with van der Waals surface area (Å²) in [6, 6.07) is 4.61. The average Bonchev–Trinajstić information content (AvgIpc) is 2.76. The van der Waals surface area contributed by atoms with Crippen LogP contribution in [0.3, 0.4) is 0 Å². The van der Waals surface area contributed by atoms with Gasteiger partial charge in [-0.05, 0) is 38.5 Å². The lowest BCUT2D eigenvalue weighted by Crippen LogP contribution is -2.11. The van der Waals surface area contributed by atoms with Crippen molar-refractivity contribution in [3.63, 3.8) is 0 Å². The summed E-state index contributed by atoms with van der Waals surface area (Å²) >= 11 is 0. The Morgan fingerprint density at radius 3 is 2.52 bits per heavy atom. The normalized spacial score (nSPS) is 11.5. The molecule has 6 nitrogen and oxygen atoms in total. The van der Waals surface area contributed by atoms with Crippen molar-refractivity contribution in [1.82, 2.24) is 9.55 Å². The Morgan fingerprint density at radius 1 is 1.30 bits per heavy atom. The zero-order chi connectivity index (χ0) is 17.2. The lowest BCUT2D eigenvalue weighted by molar-refractivity contribution is 0.0526. The predicted molar refractivity (Wildman–Crippen MR) is 86.3 cm³/mol. The largest absolute Gasteiger partial charge is 0.462 e. The lowest BCUT2D eigenvalue weighted by atomic mass is 10.1. The van der Waals surface area contributed by atoms with Crippen LogP contribution in [0.5, 0.6) is 0 Å². The van der Waals surface area contributed by atoms with Gasteiger partial charge in [-0.2, -0.15) is 0 Å². The van der Waals surface area contributed by atoms with Crippen LogP contribution in [-0.2, 0) is 21.1 Å². The topological polar surface area (TPSA) is 78.3 Å². The fourth-order valence-electron chi connectivity index (χ4n) is 2.38. The molecular weight excluding hydrogens is 316 g/mol. The van der Waals surface area contributed by atoms with Crippen molar-refractivity contribution >= 4 is 15.8 Å². The predicted octanol–water partition coefficient (Wildman–Crippen LogP) is 2.13. The lowest BCUT2D eigenvalue weighted by Gasteiger charge is -2.12. The minimum absolute atomic E-state index is 0.133. The van der Waals surface area contributed by atoms with E-state index in [1.807, 2.05) is 24.6 Å². The van der Waals surface area contributed by atoms with Gasteiger partial charge >= 0.3 is 5.97 Å². The highest BCUT2D eigenvalue weighted by Crippen LogP contribution is 2.20. The molecule has 0 amide bonds. The maximum Gasteiger partial charge on any atom is 0.338 e. The van der Waals surface area contributed by atoms with Crippen LogP contribution in [0, 0.1) is 13.8 Å². The fourth-order valence-corrected chi connectivity index (χ4v) is 3.33. The zero-order valence-electron chi connectivity index (χ0n) is 13.7. The molecule has 0 radical (unpaired) electrons. The Hall–Kier alpha value is -2.15. The number of rotatable bonds is 5. The molecule has 1 heterocycles. The highest BCUT2D eigenvalue weighted by Gasteiger charge is 2.18. The number of imidazole rings is 1. The van der Waals surface area contributed by atoms with Gasteiger partial charge in [-0.3, -0.25) is 0 Å². The summed E-state index contributed by atoms with van der Waals surface area (Å²) in [5.41, 5.74) is 1.71. The molecule has 23 heavy (non-hydrogen) atoms. The van der Waals surface area contributed by atoms with Crippen molar-refractivity contribution in [2.45, 2.75) is 32.2 Å². The summed E-state index contributed by atoms with van der Waals surface area (Å²) in [4.78, 5) is 16.3. The molecule has 0 aliphatic carbocycles. The number of nitrogens with zero attached hydrogens (tertiary/aromatic N) is 2.